The normalized spacial score (nSPS) is 15.0. The summed E-state index contributed by atoms with van der Waals surface area (Å²) in [6.45, 7) is 4.68. The van der Waals surface area contributed by atoms with Crippen molar-refractivity contribution >= 4 is 17.2 Å². The lowest BCUT2D eigenvalue weighted by Gasteiger charge is -2.20. The predicted octanol–water partition coefficient (Wildman–Crippen LogP) is 2.22. The van der Waals surface area contributed by atoms with E-state index in [2.05, 4.69) is 13.8 Å². The molecule has 1 aromatic heterocycles. The molecule has 4 heteroatoms. The van der Waals surface area contributed by atoms with Gasteiger partial charge in [0.2, 0.25) is 0 Å². The maximum atomic E-state index is 12.3. The Hall–Kier alpha value is -0.870. The van der Waals surface area contributed by atoms with E-state index in [0.717, 1.165) is 24.1 Å². The molecule has 0 saturated heterocycles. The van der Waals surface area contributed by atoms with Crippen molar-refractivity contribution in [3.8, 4) is 0 Å². The number of aryl methyl sites for hydroxylation is 2. The maximum absolute atomic E-state index is 12.3. The van der Waals surface area contributed by atoms with Crippen LogP contribution in [0.2, 0.25) is 0 Å². The molecule has 0 radical (unpaired) electrons. The van der Waals surface area contributed by atoms with Gasteiger partial charge in [-0.1, -0.05) is 6.92 Å². The fourth-order valence-corrected chi connectivity index (χ4v) is 3.13. The van der Waals surface area contributed by atoms with Crippen LogP contribution in [0.15, 0.2) is 6.07 Å². The Labute approximate surface area is 106 Å². The smallest absolute Gasteiger partial charge is 0.264 e. The number of amides is 1. The third-order valence-electron chi connectivity index (χ3n) is 3.20. The molecular formula is C13H19NO2S. The lowest BCUT2D eigenvalue weighted by molar-refractivity contribution is 0.0712. The Morgan fingerprint density at radius 3 is 2.76 bits per heavy atom. The third-order valence-corrected chi connectivity index (χ3v) is 4.28. The van der Waals surface area contributed by atoms with Gasteiger partial charge in [0.1, 0.15) is 0 Å². The minimum absolute atomic E-state index is 0.0488. The van der Waals surface area contributed by atoms with Crippen molar-refractivity contribution in [1.29, 1.82) is 0 Å². The first-order valence-electron chi connectivity index (χ1n) is 6.18. The van der Waals surface area contributed by atoms with Gasteiger partial charge < -0.3 is 10.0 Å². The first-order valence-corrected chi connectivity index (χ1v) is 7.00. The van der Waals surface area contributed by atoms with Gasteiger partial charge in [0.05, 0.1) is 11.5 Å². The summed E-state index contributed by atoms with van der Waals surface area (Å²) in [5.74, 6) is 0.0920. The summed E-state index contributed by atoms with van der Waals surface area (Å²) in [5, 5.41) is 9.02. The zero-order valence-corrected chi connectivity index (χ0v) is 11.2. The Bertz CT molecular complexity index is 410. The summed E-state index contributed by atoms with van der Waals surface area (Å²) in [7, 11) is 0. The van der Waals surface area contributed by atoms with Crippen molar-refractivity contribution in [2.75, 3.05) is 13.2 Å². The largest absolute Gasteiger partial charge is 0.395 e. The molecule has 0 aromatic carbocycles. The fraction of sp³-hybridized carbons (Fsp3) is 0.615. The topological polar surface area (TPSA) is 40.5 Å². The van der Waals surface area contributed by atoms with Crippen LogP contribution in [-0.2, 0) is 6.42 Å². The average molecular weight is 253 g/mol. The number of hydrogen-bond donors (Lipinski definition) is 1. The Morgan fingerprint density at radius 1 is 1.59 bits per heavy atom. The van der Waals surface area contributed by atoms with Crippen molar-refractivity contribution in [2.24, 2.45) is 0 Å². The van der Waals surface area contributed by atoms with E-state index in [1.165, 1.54) is 10.4 Å². The average Bonchev–Trinajstić information content (AvgIpc) is 3.08. The summed E-state index contributed by atoms with van der Waals surface area (Å²) >= 11 is 1.57. The van der Waals surface area contributed by atoms with Crippen molar-refractivity contribution in [1.82, 2.24) is 4.90 Å². The van der Waals surface area contributed by atoms with Gasteiger partial charge in [-0.25, -0.2) is 0 Å². The van der Waals surface area contributed by atoms with Crippen molar-refractivity contribution in [2.45, 2.75) is 39.2 Å². The molecule has 1 heterocycles. The lowest BCUT2D eigenvalue weighted by Crippen LogP contribution is -2.35. The van der Waals surface area contributed by atoms with Crippen LogP contribution in [-0.4, -0.2) is 35.1 Å². The molecule has 1 aliphatic rings. The minimum Gasteiger partial charge on any atom is -0.395 e. The molecule has 1 fully saturated rings. The molecule has 0 aliphatic heterocycles. The second-order valence-corrected chi connectivity index (χ2v) is 5.76. The molecule has 1 amide bonds. The zero-order chi connectivity index (χ0) is 12.4. The molecule has 94 valence electrons. The molecule has 17 heavy (non-hydrogen) atoms. The second kappa shape index (κ2) is 5.19. The second-order valence-electron chi connectivity index (χ2n) is 4.50. The van der Waals surface area contributed by atoms with E-state index < -0.39 is 0 Å². The summed E-state index contributed by atoms with van der Waals surface area (Å²) in [6, 6.07) is 2.37. The molecule has 2 rings (SSSR count). The van der Waals surface area contributed by atoms with Gasteiger partial charge in [0.25, 0.3) is 5.91 Å². The highest BCUT2D eigenvalue weighted by Crippen LogP contribution is 2.30. The van der Waals surface area contributed by atoms with Gasteiger partial charge in [-0.15, -0.1) is 11.3 Å². The van der Waals surface area contributed by atoms with Crippen LogP contribution >= 0.6 is 11.3 Å². The van der Waals surface area contributed by atoms with Crippen LogP contribution in [0, 0.1) is 6.92 Å². The van der Waals surface area contributed by atoms with Gasteiger partial charge in [-0.2, -0.15) is 0 Å². The molecule has 0 bridgehead atoms. The van der Waals surface area contributed by atoms with E-state index in [0.29, 0.717) is 12.6 Å². The van der Waals surface area contributed by atoms with Crippen molar-refractivity contribution in [3.63, 3.8) is 0 Å². The summed E-state index contributed by atoms with van der Waals surface area (Å²) in [4.78, 5) is 16.2. The molecule has 1 aromatic rings. The number of carbonyl (C=O) groups is 1. The van der Waals surface area contributed by atoms with E-state index in [9.17, 15) is 4.79 Å². The van der Waals surface area contributed by atoms with Gasteiger partial charge >= 0.3 is 0 Å². The van der Waals surface area contributed by atoms with E-state index in [4.69, 9.17) is 5.11 Å². The number of nitrogens with zero attached hydrogens (tertiary/aromatic N) is 1. The molecule has 1 saturated carbocycles. The predicted molar refractivity (Wildman–Crippen MR) is 69.6 cm³/mol. The van der Waals surface area contributed by atoms with Crippen molar-refractivity contribution in [3.05, 3.63) is 21.4 Å². The maximum Gasteiger partial charge on any atom is 0.264 e. The molecule has 1 aliphatic carbocycles. The van der Waals surface area contributed by atoms with E-state index in [1.54, 1.807) is 11.3 Å². The summed E-state index contributed by atoms with van der Waals surface area (Å²) in [6.07, 6.45) is 3.13. The number of rotatable bonds is 5. The Balaban J connectivity index is 2.16. The standard InChI is InChI=1S/C13H19NO2S/c1-3-10-8-12(17-9(10)2)13(16)14(6-7-15)11-4-5-11/h8,11,15H,3-7H2,1-2H3. The highest BCUT2D eigenvalue weighted by atomic mass is 32.1. The first kappa shape index (κ1) is 12.6. The molecule has 3 nitrogen and oxygen atoms in total. The van der Waals surface area contributed by atoms with E-state index in [-0.39, 0.29) is 12.5 Å². The number of carbonyl (C=O) groups excluding carboxylic acids is 1. The lowest BCUT2D eigenvalue weighted by atomic mass is 10.2. The van der Waals surface area contributed by atoms with Crippen LogP contribution in [0.4, 0.5) is 0 Å². The van der Waals surface area contributed by atoms with Crippen LogP contribution in [0.3, 0.4) is 0 Å². The number of hydrogen-bond acceptors (Lipinski definition) is 3. The fourth-order valence-electron chi connectivity index (χ4n) is 2.06. The first-order chi connectivity index (χ1) is 8.17. The molecule has 0 unspecified atom stereocenters. The highest BCUT2D eigenvalue weighted by Gasteiger charge is 2.33. The molecule has 1 N–H and O–H groups in total. The molecule has 0 spiro atoms. The molecular weight excluding hydrogens is 234 g/mol. The summed E-state index contributed by atoms with van der Waals surface area (Å²) < 4.78 is 0. The van der Waals surface area contributed by atoms with Gasteiger partial charge in [0.15, 0.2) is 0 Å². The van der Waals surface area contributed by atoms with E-state index >= 15 is 0 Å². The van der Waals surface area contributed by atoms with Crippen LogP contribution in [0.5, 0.6) is 0 Å². The SMILES string of the molecule is CCc1cc(C(=O)N(CCO)C2CC2)sc1C. The minimum atomic E-state index is 0.0488. The van der Waals surface area contributed by atoms with Crippen LogP contribution in [0.1, 0.15) is 39.9 Å². The zero-order valence-electron chi connectivity index (χ0n) is 10.4. The number of thiophene rings is 1. The van der Waals surface area contributed by atoms with Crippen molar-refractivity contribution < 1.29 is 9.90 Å². The third kappa shape index (κ3) is 2.69. The Kier molecular flexibility index (Phi) is 3.84. The monoisotopic (exact) mass is 253 g/mol. The van der Waals surface area contributed by atoms with E-state index in [1.807, 2.05) is 11.0 Å². The molecule has 0 atom stereocenters. The quantitative estimate of drug-likeness (QED) is 0.874. The van der Waals surface area contributed by atoms with Gasteiger partial charge in [-0.05, 0) is 37.8 Å². The van der Waals surface area contributed by atoms with Crippen LogP contribution < -0.4 is 0 Å². The van der Waals surface area contributed by atoms with Crippen LogP contribution in [0.25, 0.3) is 0 Å². The number of aliphatic hydroxyl groups is 1. The summed E-state index contributed by atoms with van der Waals surface area (Å²) in [5.41, 5.74) is 1.26. The highest BCUT2D eigenvalue weighted by molar-refractivity contribution is 7.14. The number of aliphatic hydroxyl groups excluding tert-OH is 1. The Morgan fingerprint density at radius 2 is 2.29 bits per heavy atom. The van der Waals surface area contributed by atoms with Gasteiger partial charge in [-0.3, -0.25) is 4.79 Å². The van der Waals surface area contributed by atoms with Gasteiger partial charge in [0, 0.05) is 17.5 Å².